The standard InChI is InChI=1S/C15H24O5/c1-7-10(2)16-8-11-13(20-15(5,6)19-11)12-9-17-14(3,4)18-12/h7,11-13H,1-2,8-9H2,3-6H3. The van der Waals surface area contributed by atoms with E-state index in [1.807, 2.05) is 27.7 Å². The Bertz CT molecular complexity index is 388. The van der Waals surface area contributed by atoms with Crippen molar-refractivity contribution in [3.8, 4) is 0 Å². The van der Waals surface area contributed by atoms with Crippen molar-refractivity contribution < 1.29 is 23.7 Å². The number of hydrogen-bond donors (Lipinski definition) is 0. The zero-order valence-electron chi connectivity index (χ0n) is 12.7. The Balaban J connectivity index is 2.01. The van der Waals surface area contributed by atoms with Crippen molar-refractivity contribution in [1.82, 2.24) is 0 Å². The Morgan fingerprint density at radius 3 is 2.45 bits per heavy atom. The van der Waals surface area contributed by atoms with Crippen LogP contribution in [-0.2, 0) is 23.7 Å². The quantitative estimate of drug-likeness (QED) is 0.573. The molecule has 5 nitrogen and oxygen atoms in total. The van der Waals surface area contributed by atoms with Gasteiger partial charge < -0.3 is 23.7 Å². The molecule has 2 heterocycles. The lowest BCUT2D eigenvalue weighted by Gasteiger charge is -2.23. The van der Waals surface area contributed by atoms with E-state index in [-0.39, 0.29) is 18.3 Å². The van der Waals surface area contributed by atoms with Crippen LogP contribution in [0.5, 0.6) is 0 Å². The molecule has 2 saturated heterocycles. The molecule has 0 saturated carbocycles. The van der Waals surface area contributed by atoms with Gasteiger partial charge in [-0.2, -0.15) is 0 Å². The fraction of sp³-hybridized carbons (Fsp3) is 0.733. The lowest BCUT2D eigenvalue weighted by molar-refractivity contribution is -0.175. The third-order valence-electron chi connectivity index (χ3n) is 3.28. The largest absolute Gasteiger partial charge is 0.491 e. The lowest BCUT2D eigenvalue weighted by Crippen LogP contribution is -2.40. The van der Waals surface area contributed by atoms with Gasteiger partial charge in [-0.05, 0) is 33.8 Å². The van der Waals surface area contributed by atoms with E-state index in [9.17, 15) is 0 Å². The van der Waals surface area contributed by atoms with E-state index >= 15 is 0 Å². The van der Waals surface area contributed by atoms with E-state index in [0.717, 1.165) is 0 Å². The Labute approximate surface area is 120 Å². The van der Waals surface area contributed by atoms with Crippen LogP contribution >= 0.6 is 0 Å². The minimum atomic E-state index is -0.662. The first-order valence-electron chi connectivity index (χ1n) is 6.84. The molecule has 0 bridgehead atoms. The first-order valence-corrected chi connectivity index (χ1v) is 6.84. The molecule has 0 N–H and O–H groups in total. The van der Waals surface area contributed by atoms with E-state index in [1.165, 1.54) is 0 Å². The zero-order valence-corrected chi connectivity index (χ0v) is 12.7. The first-order chi connectivity index (χ1) is 9.22. The van der Waals surface area contributed by atoms with Gasteiger partial charge in [-0.25, -0.2) is 0 Å². The normalized spacial score (nSPS) is 34.9. The van der Waals surface area contributed by atoms with Crippen LogP contribution in [0.25, 0.3) is 0 Å². The van der Waals surface area contributed by atoms with E-state index in [0.29, 0.717) is 19.0 Å². The summed E-state index contributed by atoms with van der Waals surface area (Å²) in [6.07, 6.45) is 0.930. The van der Waals surface area contributed by atoms with Crippen molar-refractivity contribution in [2.24, 2.45) is 0 Å². The van der Waals surface area contributed by atoms with Crippen LogP contribution in [0, 0.1) is 0 Å². The van der Waals surface area contributed by atoms with Crippen molar-refractivity contribution in [3.05, 3.63) is 25.0 Å². The smallest absolute Gasteiger partial charge is 0.164 e. The summed E-state index contributed by atoms with van der Waals surface area (Å²) < 4.78 is 28.8. The number of hydrogen-bond acceptors (Lipinski definition) is 5. The van der Waals surface area contributed by atoms with Gasteiger partial charge in [0.15, 0.2) is 11.6 Å². The second-order valence-electron chi connectivity index (χ2n) is 5.99. The average molecular weight is 284 g/mol. The minimum Gasteiger partial charge on any atom is -0.491 e. The Morgan fingerprint density at radius 2 is 1.90 bits per heavy atom. The van der Waals surface area contributed by atoms with Gasteiger partial charge >= 0.3 is 0 Å². The summed E-state index contributed by atoms with van der Waals surface area (Å²) in [5.41, 5.74) is 0. The molecule has 0 aromatic carbocycles. The maximum atomic E-state index is 5.94. The van der Waals surface area contributed by atoms with Crippen LogP contribution in [0.1, 0.15) is 27.7 Å². The predicted molar refractivity (Wildman–Crippen MR) is 74.0 cm³/mol. The fourth-order valence-electron chi connectivity index (χ4n) is 2.43. The SMILES string of the molecule is C=CC(=C)OCC1OC(C)(C)OC1C1COC(C)(C)O1. The van der Waals surface area contributed by atoms with Gasteiger partial charge in [0.25, 0.3) is 0 Å². The third kappa shape index (κ3) is 3.61. The van der Waals surface area contributed by atoms with Gasteiger partial charge in [0, 0.05) is 0 Å². The van der Waals surface area contributed by atoms with E-state index in [4.69, 9.17) is 23.7 Å². The van der Waals surface area contributed by atoms with Crippen LogP contribution in [-0.4, -0.2) is 43.1 Å². The summed E-state index contributed by atoms with van der Waals surface area (Å²) in [6.45, 7) is 15.7. The summed E-state index contributed by atoms with van der Waals surface area (Å²) in [5, 5.41) is 0. The summed E-state index contributed by atoms with van der Waals surface area (Å²) in [7, 11) is 0. The molecule has 2 fully saturated rings. The second-order valence-corrected chi connectivity index (χ2v) is 5.99. The van der Waals surface area contributed by atoms with Gasteiger partial charge in [0.05, 0.1) is 6.61 Å². The minimum absolute atomic E-state index is 0.169. The molecule has 114 valence electrons. The third-order valence-corrected chi connectivity index (χ3v) is 3.28. The van der Waals surface area contributed by atoms with E-state index in [1.54, 1.807) is 6.08 Å². The van der Waals surface area contributed by atoms with Crippen molar-refractivity contribution in [1.29, 1.82) is 0 Å². The highest BCUT2D eigenvalue weighted by molar-refractivity contribution is 5.02. The topological polar surface area (TPSA) is 46.2 Å². The first kappa shape index (κ1) is 15.5. The molecule has 5 heteroatoms. The van der Waals surface area contributed by atoms with Crippen molar-refractivity contribution in [3.63, 3.8) is 0 Å². The zero-order chi connectivity index (χ0) is 15.0. The Morgan fingerprint density at radius 1 is 1.20 bits per heavy atom. The maximum absolute atomic E-state index is 5.94. The molecule has 2 aliphatic heterocycles. The molecule has 2 rings (SSSR count). The molecule has 0 spiro atoms. The molecule has 0 radical (unpaired) electrons. The van der Waals surface area contributed by atoms with Gasteiger partial charge in [0.2, 0.25) is 0 Å². The molecule has 0 amide bonds. The van der Waals surface area contributed by atoms with Crippen LogP contribution in [0.15, 0.2) is 25.0 Å². The van der Waals surface area contributed by atoms with Crippen molar-refractivity contribution in [2.45, 2.75) is 57.6 Å². The average Bonchev–Trinajstić information content (AvgIpc) is 2.85. The molecule has 0 aromatic rings. The molecule has 0 aliphatic carbocycles. The summed E-state index contributed by atoms with van der Waals surface area (Å²) in [5.74, 6) is -0.734. The number of allylic oxidation sites excluding steroid dienone is 1. The molecule has 3 atom stereocenters. The molecular weight excluding hydrogens is 260 g/mol. The molecule has 2 aliphatic rings. The summed E-state index contributed by atoms with van der Waals surface area (Å²) in [6, 6.07) is 0. The maximum Gasteiger partial charge on any atom is 0.164 e. The lowest BCUT2D eigenvalue weighted by atomic mass is 10.1. The molecule has 20 heavy (non-hydrogen) atoms. The van der Waals surface area contributed by atoms with Crippen LogP contribution in [0.4, 0.5) is 0 Å². The molecular formula is C15H24O5. The van der Waals surface area contributed by atoms with E-state index < -0.39 is 11.6 Å². The van der Waals surface area contributed by atoms with Gasteiger partial charge in [-0.3, -0.25) is 0 Å². The summed E-state index contributed by atoms with van der Waals surface area (Å²) in [4.78, 5) is 0. The highest BCUT2D eigenvalue weighted by Crippen LogP contribution is 2.35. The van der Waals surface area contributed by atoms with Crippen LogP contribution in [0.3, 0.4) is 0 Å². The van der Waals surface area contributed by atoms with Crippen LogP contribution in [0.2, 0.25) is 0 Å². The van der Waals surface area contributed by atoms with Crippen molar-refractivity contribution in [2.75, 3.05) is 13.2 Å². The molecule has 3 unspecified atom stereocenters. The number of ether oxygens (including phenoxy) is 5. The van der Waals surface area contributed by atoms with Gasteiger partial charge in [0.1, 0.15) is 30.7 Å². The Kier molecular flexibility index (Phi) is 4.25. The second kappa shape index (κ2) is 5.48. The summed E-state index contributed by atoms with van der Waals surface area (Å²) >= 11 is 0. The predicted octanol–water partition coefficient (Wildman–Crippen LogP) is 2.37. The van der Waals surface area contributed by atoms with Crippen LogP contribution < -0.4 is 0 Å². The van der Waals surface area contributed by atoms with Crippen molar-refractivity contribution >= 4 is 0 Å². The fourth-order valence-corrected chi connectivity index (χ4v) is 2.43. The molecule has 0 aromatic heterocycles. The highest BCUT2D eigenvalue weighted by atomic mass is 16.8. The highest BCUT2D eigenvalue weighted by Gasteiger charge is 2.49. The Hall–Kier alpha value is -0.880. The van der Waals surface area contributed by atoms with Gasteiger partial charge in [-0.1, -0.05) is 13.2 Å². The van der Waals surface area contributed by atoms with E-state index in [2.05, 4.69) is 13.2 Å². The monoisotopic (exact) mass is 284 g/mol. The van der Waals surface area contributed by atoms with Gasteiger partial charge in [-0.15, -0.1) is 0 Å². The number of rotatable bonds is 5.